The average Bonchev–Trinajstić information content (AvgIpc) is 2.51. The minimum Gasteiger partial charge on any atom is -0.465 e. The van der Waals surface area contributed by atoms with Crippen LogP contribution >= 0.6 is 0 Å². The lowest BCUT2D eigenvalue weighted by atomic mass is 10.1. The van der Waals surface area contributed by atoms with E-state index in [0.717, 1.165) is 11.4 Å². The number of aromatic amines is 1. The van der Waals surface area contributed by atoms with Crippen LogP contribution in [0.4, 0.5) is 0 Å². The molecule has 0 fully saturated rings. The second-order valence-corrected chi connectivity index (χ2v) is 3.10. The molecule has 0 bridgehead atoms. The number of carbonyl (C=O) groups is 1. The first-order valence-electron chi connectivity index (χ1n) is 4.56. The molecule has 1 aromatic heterocycles. The maximum Gasteiger partial charge on any atom is 0.323 e. The van der Waals surface area contributed by atoms with Crippen molar-refractivity contribution in [2.75, 3.05) is 6.61 Å². The van der Waals surface area contributed by atoms with Gasteiger partial charge in [0.1, 0.15) is 6.04 Å². The first-order valence-corrected chi connectivity index (χ1v) is 4.56. The van der Waals surface area contributed by atoms with E-state index in [0.29, 0.717) is 13.0 Å². The molecule has 78 valence electrons. The fourth-order valence-electron chi connectivity index (χ4n) is 1.14. The third kappa shape index (κ3) is 2.85. The van der Waals surface area contributed by atoms with Crippen molar-refractivity contribution >= 4 is 5.97 Å². The monoisotopic (exact) mass is 197 g/mol. The number of hydrogen-bond acceptors (Lipinski definition) is 4. The highest BCUT2D eigenvalue weighted by molar-refractivity contribution is 5.75. The van der Waals surface area contributed by atoms with Gasteiger partial charge in [-0.25, -0.2) is 0 Å². The van der Waals surface area contributed by atoms with Crippen molar-refractivity contribution in [2.45, 2.75) is 26.3 Å². The van der Waals surface area contributed by atoms with Gasteiger partial charge in [0.05, 0.1) is 12.3 Å². The Morgan fingerprint density at radius 1 is 1.79 bits per heavy atom. The number of H-pyrrole nitrogens is 1. The minimum absolute atomic E-state index is 0.353. The Kier molecular flexibility index (Phi) is 3.64. The van der Waals surface area contributed by atoms with E-state index >= 15 is 0 Å². The van der Waals surface area contributed by atoms with Crippen LogP contribution in [-0.2, 0) is 16.0 Å². The van der Waals surface area contributed by atoms with E-state index in [1.165, 1.54) is 0 Å². The van der Waals surface area contributed by atoms with Crippen LogP contribution in [0, 0.1) is 6.92 Å². The summed E-state index contributed by atoms with van der Waals surface area (Å²) in [6, 6.07) is 1.23. The maximum atomic E-state index is 11.2. The van der Waals surface area contributed by atoms with Gasteiger partial charge in [-0.05, 0) is 19.9 Å². The number of aryl methyl sites for hydroxylation is 1. The lowest BCUT2D eigenvalue weighted by Crippen LogP contribution is -2.34. The molecule has 0 aliphatic heterocycles. The Morgan fingerprint density at radius 3 is 3.00 bits per heavy atom. The van der Waals surface area contributed by atoms with E-state index < -0.39 is 6.04 Å². The van der Waals surface area contributed by atoms with Gasteiger partial charge < -0.3 is 10.5 Å². The number of nitrogens with one attached hydrogen (secondary N) is 1. The molecule has 0 saturated carbocycles. The first-order chi connectivity index (χ1) is 6.63. The summed E-state index contributed by atoms with van der Waals surface area (Å²) in [7, 11) is 0. The fraction of sp³-hybridized carbons (Fsp3) is 0.556. The van der Waals surface area contributed by atoms with Crippen LogP contribution in [0.25, 0.3) is 0 Å². The molecule has 3 N–H and O–H groups in total. The van der Waals surface area contributed by atoms with Gasteiger partial charge in [-0.2, -0.15) is 5.10 Å². The molecule has 0 aromatic carbocycles. The van der Waals surface area contributed by atoms with E-state index in [2.05, 4.69) is 10.2 Å². The lowest BCUT2D eigenvalue weighted by Gasteiger charge is -2.07. The van der Waals surface area contributed by atoms with Gasteiger partial charge in [0.2, 0.25) is 0 Å². The molecule has 14 heavy (non-hydrogen) atoms. The van der Waals surface area contributed by atoms with Gasteiger partial charge in [-0.3, -0.25) is 9.89 Å². The van der Waals surface area contributed by atoms with Crippen LogP contribution in [-0.4, -0.2) is 28.8 Å². The molecule has 1 atom stereocenters. The van der Waals surface area contributed by atoms with Crippen LogP contribution in [0.15, 0.2) is 6.07 Å². The number of aromatic nitrogens is 2. The van der Waals surface area contributed by atoms with Gasteiger partial charge in [0.15, 0.2) is 0 Å². The predicted octanol–water partition coefficient (Wildman–Crippen LogP) is 0.151. The summed E-state index contributed by atoms with van der Waals surface area (Å²) in [5.74, 6) is -0.381. The second-order valence-electron chi connectivity index (χ2n) is 3.10. The highest BCUT2D eigenvalue weighted by atomic mass is 16.5. The van der Waals surface area contributed by atoms with Crippen molar-refractivity contribution in [1.29, 1.82) is 0 Å². The molecule has 1 aromatic rings. The Hall–Kier alpha value is -1.36. The fourth-order valence-corrected chi connectivity index (χ4v) is 1.14. The number of ether oxygens (including phenoxy) is 1. The van der Waals surface area contributed by atoms with Crippen molar-refractivity contribution in [3.8, 4) is 0 Å². The van der Waals surface area contributed by atoms with Crippen molar-refractivity contribution in [3.63, 3.8) is 0 Å². The summed E-state index contributed by atoms with van der Waals surface area (Å²) in [6.07, 6.45) is 0.406. The quantitative estimate of drug-likeness (QED) is 0.673. The Morgan fingerprint density at radius 2 is 2.50 bits per heavy atom. The summed E-state index contributed by atoms with van der Waals surface area (Å²) in [5.41, 5.74) is 7.35. The molecule has 0 amide bonds. The number of rotatable bonds is 4. The zero-order chi connectivity index (χ0) is 10.6. The molecule has 0 saturated heterocycles. The van der Waals surface area contributed by atoms with E-state index in [-0.39, 0.29) is 5.97 Å². The smallest absolute Gasteiger partial charge is 0.323 e. The van der Waals surface area contributed by atoms with Crippen LogP contribution in [0.3, 0.4) is 0 Å². The van der Waals surface area contributed by atoms with E-state index in [1.807, 2.05) is 13.0 Å². The van der Waals surface area contributed by atoms with Gasteiger partial charge >= 0.3 is 5.97 Å². The molecular weight excluding hydrogens is 182 g/mol. The molecule has 1 rings (SSSR count). The third-order valence-corrected chi connectivity index (χ3v) is 1.78. The Balaban J connectivity index is 2.48. The SMILES string of the molecule is CCOC(=O)C(N)Cc1cc(C)[nH]n1. The van der Waals surface area contributed by atoms with Crippen LogP contribution in [0.2, 0.25) is 0 Å². The predicted molar refractivity (Wildman–Crippen MR) is 51.6 cm³/mol. The molecule has 1 unspecified atom stereocenters. The highest BCUT2D eigenvalue weighted by Crippen LogP contribution is 2.01. The van der Waals surface area contributed by atoms with Gasteiger partial charge in [-0.15, -0.1) is 0 Å². The topological polar surface area (TPSA) is 81.0 Å². The van der Waals surface area contributed by atoms with E-state index in [4.69, 9.17) is 10.5 Å². The summed E-state index contributed by atoms with van der Waals surface area (Å²) in [5, 5.41) is 6.77. The number of nitrogens with two attached hydrogens (primary N) is 1. The molecule has 0 radical (unpaired) electrons. The summed E-state index contributed by atoms with van der Waals surface area (Å²) >= 11 is 0. The van der Waals surface area contributed by atoms with Crippen molar-refractivity contribution in [2.24, 2.45) is 5.73 Å². The first kappa shape index (κ1) is 10.7. The van der Waals surface area contributed by atoms with Gasteiger partial charge in [0.25, 0.3) is 0 Å². The molecule has 5 heteroatoms. The lowest BCUT2D eigenvalue weighted by molar-refractivity contribution is -0.144. The number of esters is 1. The Bertz CT molecular complexity index is 309. The van der Waals surface area contributed by atoms with Crippen molar-refractivity contribution < 1.29 is 9.53 Å². The van der Waals surface area contributed by atoms with Crippen molar-refractivity contribution in [3.05, 3.63) is 17.5 Å². The van der Waals surface area contributed by atoms with Crippen molar-refractivity contribution in [1.82, 2.24) is 10.2 Å². The average molecular weight is 197 g/mol. The number of nitrogens with zero attached hydrogens (tertiary/aromatic N) is 1. The molecule has 0 spiro atoms. The van der Waals surface area contributed by atoms with E-state index in [1.54, 1.807) is 6.92 Å². The molecule has 0 aliphatic carbocycles. The summed E-state index contributed by atoms with van der Waals surface area (Å²) in [6.45, 7) is 4.00. The molecule has 5 nitrogen and oxygen atoms in total. The van der Waals surface area contributed by atoms with Gasteiger partial charge in [-0.1, -0.05) is 0 Å². The minimum atomic E-state index is -0.627. The molecule has 0 aliphatic rings. The summed E-state index contributed by atoms with van der Waals surface area (Å²) < 4.78 is 4.78. The van der Waals surface area contributed by atoms with Crippen LogP contribution in [0.1, 0.15) is 18.3 Å². The number of carbonyl (C=O) groups excluding carboxylic acids is 1. The van der Waals surface area contributed by atoms with E-state index in [9.17, 15) is 4.79 Å². The Labute approximate surface area is 82.6 Å². The second kappa shape index (κ2) is 4.76. The zero-order valence-electron chi connectivity index (χ0n) is 8.41. The molecular formula is C9H15N3O2. The van der Waals surface area contributed by atoms with Gasteiger partial charge in [0, 0.05) is 12.1 Å². The molecule has 1 heterocycles. The largest absolute Gasteiger partial charge is 0.465 e. The van der Waals surface area contributed by atoms with Crippen LogP contribution < -0.4 is 5.73 Å². The maximum absolute atomic E-state index is 11.2. The third-order valence-electron chi connectivity index (χ3n) is 1.78. The standard InChI is InChI=1S/C9H15N3O2/c1-3-14-9(13)8(10)5-7-4-6(2)11-12-7/h4,8H,3,5,10H2,1-2H3,(H,11,12). The highest BCUT2D eigenvalue weighted by Gasteiger charge is 2.16. The summed E-state index contributed by atoms with van der Waals surface area (Å²) in [4.78, 5) is 11.2. The normalized spacial score (nSPS) is 12.5. The van der Waals surface area contributed by atoms with Crippen LogP contribution in [0.5, 0.6) is 0 Å². The zero-order valence-corrected chi connectivity index (χ0v) is 8.41. The number of hydrogen-bond donors (Lipinski definition) is 2.